The van der Waals surface area contributed by atoms with E-state index in [-0.39, 0.29) is 17.1 Å². The Balaban J connectivity index is 2.09. The van der Waals surface area contributed by atoms with E-state index >= 15 is 0 Å². The number of hydrogen-bond donors (Lipinski definition) is 1. The van der Waals surface area contributed by atoms with Gasteiger partial charge < -0.3 is 5.11 Å². The van der Waals surface area contributed by atoms with Gasteiger partial charge in [-0.2, -0.15) is 0 Å². The normalized spacial score (nSPS) is 45.0. The van der Waals surface area contributed by atoms with Crippen molar-refractivity contribution in [3.05, 3.63) is 23.3 Å². The molecule has 1 saturated carbocycles. The monoisotopic (exact) mass is 302 g/mol. The number of ketones is 1. The summed E-state index contributed by atoms with van der Waals surface area (Å²) < 4.78 is 0. The molecule has 2 nitrogen and oxygen atoms in total. The van der Waals surface area contributed by atoms with Gasteiger partial charge in [-0.15, -0.1) is 0 Å². The number of carbonyl (C=O) groups is 1. The summed E-state index contributed by atoms with van der Waals surface area (Å²) >= 11 is 0. The van der Waals surface area contributed by atoms with E-state index in [4.69, 9.17) is 0 Å². The highest BCUT2D eigenvalue weighted by atomic mass is 16.3. The quantitative estimate of drug-likeness (QED) is 0.734. The SMILES string of the molecule is CC1=CC[C@]2(C)CC(=O)[C@@]3(C)[C@H](C(C(C)C)=C[C@@H]3O)[C@H]2CC1. The first kappa shape index (κ1) is 16.0. The van der Waals surface area contributed by atoms with Gasteiger partial charge in [0.2, 0.25) is 0 Å². The predicted octanol–water partition coefficient (Wildman–Crippen LogP) is 4.29. The molecule has 0 unspecified atom stereocenters. The molecule has 5 atom stereocenters. The Morgan fingerprint density at radius 1 is 1.32 bits per heavy atom. The lowest BCUT2D eigenvalue weighted by atomic mass is 9.50. The van der Waals surface area contributed by atoms with Gasteiger partial charge in [-0.3, -0.25) is 4.79 Å². The molecule has 0 bridgehead atoms. The number of allylic oxidation sites excluding steroid dienone is 3. The molecule has 0 radical (unpaired) electrons. The summed E-state index contributed by atoms with van der Waals surface area (Å²) in [5, 5.41) is 10.7. The molecule has 3 aliphatic carbocycles. The van der Waals surface area contributed by atoms with E-state index in [2.05, 4.69) is 33.8 Å². The molecule has 122 valence electrons. The predicted molar refractivity (Wildman–Crippen MR) is 89.4 cm³/mol. The summed E-state index contributed by atoms with van der Waals surface area (Å²) in [5.74, 6) is 1.38. The molecule has 0 heterocycles. The van der Waals surface area contributed by atoms with Crippen molar-refractivity contribution in [2.75, 3.05) is 0 Å². The lowest BCUT2D eigenvalue weighted by molar-refractivity contribution is -0.149. The number of aliphatic hydroxyl groups is 1. The summed E-state index contributed by atoms with van der Waals surface area (Å²) in [7, 11) is 0. The van der Waals surface area contributed by atoms with Gasteiger partial charge in [-0.1, -0.05) is 44.1 Å². The van der Waals surface area contributed by atoms with Crippen molar-refractivity contribution in [1.82, 2.24) is 0 Å². The van der Waals surface area contributed by atoms with E-state index in [9.17, 15) is 9.90 Å². The first-order chi connectivity index (χ1) is 10.2. The fraction of sp³-hybridized carbons (Fsp3) is 0.750. The molecule has 1 fully saturated rings. The van der Waals surface area contributed by atoms with Crippen LogP contribution in [0.25, 0.3) is 0 Å². The molecular formula is C20H30O2. The average Bonchev–Trinajstić information content (AvgIpc) is 2.61. The fourth-order valence-corrected chi connectivity index (χ4v) is 5.25. The van der Waals surface area contributed by atoms with Crippen LogP contribution in [0, 0.1) is 28.6 Å². The molecule has 0 aliphatic heterocycles. The standard InChI is InChI=1S/C20H30O2/c1-12(2)14-10-16(21)20(5)17(22)11-19(4)9-8-13(3)6-7-15(19)18(14)20/h8,10,12,15-16,18,21H,6-7,9,11H2,1-5H3/t15-,16+,18-,19-,20+/m1/s1. The molecule has 0 aromatic heterocycles. The number of hydrogen-bond acceptors (Lipinski definition) is 2. The van der Waals surface area contributed by atoms with Gasteiger partial charge >= 0.3 is 0 Å². The van der Waals surface area contributed by atoms with E-state index in [1.165, 1.54) is 11.1 Å². The Morgan fingerprint density at radius 3 is 2.64 bits per heavy atom. The van der Waals surface area contributed by atoms with E-state index in [1.54, 1.807) is 0 Å². The minimum atomic E-state index is -0.607. The molecule has 3 rings (SSSR count). The largest absolute Gasteiger partial charge is 0.388 e. The number of fused-ring (bicyclic) bond motifs is 3. The first-order valence-electron chi connectivity index (χ1n) is 8.79. The van der Waals surface area contributed by atoms with Gasteiger partial charge in [0.1, 0.15) is 5.78 Å². The van der Waals surface area contributed by atoms with Gasteiger partial charge in [0.05, 0.1) is 11.5 Å². The summed E-state index contributed by atoms with van der Waals surface area (Å²) in [5.41, 5.74) is 2.23. The van der Waals surface area contributed by atoms with Crippen molar-refractivity contribution in [1.29, 1.82) is 0 Å². The van der Waals surface area contributed by atoms with E-state index < -0.39 is 11.5 Å². The molecule has 0 spiro atoms. The van der Waals surface area contributed by atoms with Crippen LogP contribution in [0.15, 0.2) is 23.3 Å². The number of carbonyl (C=O) groups excluding carboxylic acids is 1. The molecule has 0 aromatic carbocycles. The fourth-order valence-electron chi connectivity index (χ4n) is 5.25. The van der Waals surface area contributed by atoms with Crippen LogP contribution in [0.4, 0.5) is 0 Å². The maximum atomic E-state index is 13.0. The minimum Gasteiger partial charge on any atom is -0.388 e. The van der Waals surface area contributed by atoms with Crippen molar-refractivity contribution >= 4 is 5.78 Å². The number of Topliss-reactive ketones (excluding diaryl/α,β-unsaturated/α-hetero) is 1. The van der Waals surface area contributed by atoms with Crippen molar-refractivity contribution in [2.45, 2.75) is 66.4 Å². The zero-order valence-corrected chi connectivity index (χ0v) is 14.6. The Hall–Kier alpha value is -0.890. The number of aliphatic hydroxyl groups excluding tert-OH is 1. The molecular weight excluding hydrogens is 272 g/mol. The molecule has 3 aliphatic rings. The smallest absolute Gasteiger partial charge is 0.142 e. The van der Waals surface area contributed by atoms with Gasteiger partial charge in [-0.25, -0.2) is 0 Å². The summed E-state index contributed by atoms with van der Waals surface area (Å²) in [6.07, 6.45) is 7.63. The zero-order valence-electron chi connectivity index (χ0n) is 14.6. The second-order valence-electron chi connectivity index (χ2n) is 8.68. The lowest BCUT2D eigenvalue weighted by Gasteiger charge is -2.52. The summed E-state index contributed by atoms with van der Waals surface area (Å²) in [6, 6.07) is 0. The maximum Gasteiger partial charge on any atom is 0.142 e. The molecule has 0 aromatic rings. The highest BCUT2D eigenvalue weighted by molar-refractivity contribution is 5.89. The first-order valence-corrected chi connectivity index (χ1v) is 8.79. The highest BCUT2D eigenvalue weighted by Gasteiger charge is 2.62. The van der Waals surface area contributed by atoms with Crippen LogP contribution in [0.3, 0.4) is 0 Å². The molecule has 2 heteroatoms. The highest BCUT2D eigenvalue weighted by Crippen LogP contribution is 2.62. The van der Waals surface area contributed by atoms with Gasteiger partial charge in [0.15, 0.2) is 0 Å². The van der Waals surface area contributed by atoms with Gasteiger partial charge in [0, 0.05) is 6.42 Å². The van der Waals surface area contributed by atoms with Crippen LogP contribution >= 0.6 is 0 Å². The van der Waals surface area contributed by atoms with E-state index in [0.717, 1.165) is 19.3 Å². The molecule has 1 N–H and O–H groups in total. The summed E-state index contributed by atoms with van der Waals surface area (Å²) in [4.78, 5) is 13.0. The molecule has 22 heavy (non-hydrogen) atoms. The van der Waals surface area contributed by atoms with Crippen LogP contribution in [0.2, 0.25) is 0 Å². The Kier molecular flexibility index (Phi) is 3.67. The Morgan fingerprint density at radius 2 is 2.00 bits per heavy atom. The second-order valence-corrected chi connectivity index (χ2v) is 8.68. The topological polar surface area (TPSA) is 37.3 Å². The van der Waals surface area contributed by atoms with Crippen LogP contribution in [-0.2, 0) is 4.79 Å². The second kappa shape index (κ2) is 5.06. The Bertz CT molecular complexity index is 556. The van der Waals surface area contributed by atoms with Gasteiger partial charge in [0.25, 0.3) is 0 Å². The van der Waals surface area contributed by atoms with Gasteiger partial charge in [-0.05, 0) is 56.3 Å². The lowest BCUT2D eigenvalue weighted by Crippen LogP contribution is -2.54. The van der Waals surface area contributed by atoms with Crippen LogP contribution in [-0.4, -0.2) is 17.0 Å². The van der Waals surface area contributed by atoms with E-state index in [0.29, 0.717) is 18.3 Å². The van der Waals surface area contributed by atoms with E-state index in [1.807, 2.05) is 13.0 Å². The molecule has 0 saturated heterocycles. The minimum absolute atomic E-state index is 0.0526. The Labute approximate surface area is 134 Å². The van der Waals surface area contributed by atoms with Crippen LogP contribution in [0.5, 0.6) is 0 Å². The zero-order chi connectivity index (χ0) is 16.3. The summed E-state index contributed by atoms with van der Waals surface area (Å²) in [6.45, 7) is 10.9. The third-order valence-corrected chi connectivity index (χ3v) is 6.87. The van der Waals surface area contributed by atoms with Crippen molar-refractivity contribution in [3.63, 3.8) is 0 Å². The third kappa shape index (κ3) is 2.06. The van der Waals surface area contributed by atoms with Crippen LogP contribution < -0.4 is 0 Å². The molecule has 0 amide bonds. The maximum absolute atomic E-state index is 13.0. The van der Waals surface area contributed by atoms with Crippen LogP contribution in [0.1, 0.15) is 60.3 Å². The number of rotatable bonds is 1. The van der Waals surface area contributed by atoms with Crippen molar-refractivity contribution < 1.29 is 9.90 Å². The average molecular weight is 302 g/mol. The third-order valence-electron chi connectivity index (χ3n) is 6.87. The van der Waals surface area contributed by atoms with Crippen molar-refractivity contribution in [2.24, 2.45) is 28.6 Å². The van der Waals surface area contributed by atoms with Crippen molar-refractivity contribution in [3.8, 4) is 0 Å².